The molecule has 0 aliphatic carbocycles. The first-order chi connectivity index (χ1) is 2.94. The molecule has 4 heteroatoms. The molecule has 0 unspecified atom stereocenters. The number of alkyl halides is 3. The minimum Gasteiger partial charge on any atom is -0.0540 e. The first-order valence-electron chi connectivity index (χ1n) is 1.29. The maximum absolute atomic E-state index is 5.26. The summed E-state index contributed by atoms with van der Waals surface area (Å²) in [5.41, 5.74) is 0. The molecule has 0 aliphatic heterocycles. The molecule has 0 amide bonds. The molecule has 1 radical (unpaired) electrons. The first-order valence-corrected chi connectivity index (χ1v) is 4.47. The second-order valence-corrected chi connectivity index (χ2v) is 8.46. The molecule has 41 valence electrons. The molecule has 0 aromatic carbocycles. The average Bonchev–Trinajstić information content (AvgIpc) is 1.31. The van der Waals surface area contributed by atoms with Gasteiger partial charge in [-0.2, -0.15) is 0 Å². The van der Waals surface area contributed by atoms with Crippen LogP contribution in [0.2, 0.25) is 0 Å². The van der Waals surface area contributed by atoms with Crippen molar-refractivity contribution in [1.29, 1.82) is 0 Å². The number of allylic oxidation sites excluding steroid dienone is 1. The lowest BCUT2D eigenvalue weighted by Crippen LogP contribution is -1.95. The van der Waals surface area contributed by atoms with Crippen LogP contribution in [0.25, 0.3) is 0 Å². The second kappa shape index (κ2) is 2.99. The zero-order valence-corrected chi connectivity index (χ0v) is 9.43. The summed E-state index contributed by atoms with van der Waals surface area (Å²) < 4.78 is 0.104. The van der Waals surface area contributed by atoms with E-state index < -0.39 is 2.14 Å². The lowest BCUT2D eigenvalue weighted by Gasteiger charge is -2.06. The molecule has 0 saturated heterocycles. The van der Waals surface area contributed by atoms with E-state index in [2.05, 4.69) is 63.7 Å². The van der Waals surface area contributed by atoms with Crippen LogP contribution in [0.1, 0.15) is 0 Å². The summed E-state index contributed by atoms with van der Waals surface area (Å²) in [5.74, 6) is 0. The smallest absolute Gasteiger partial charge is 0.0540 e. The number of halogens is 4. The highest BCUT2D eigenvalue weighted by atomic mass is 80.0. The van der Waals surface area contributed by atoms with E-state index in [0.29, 0.717) is 4.48 Å². The van der Waals surface area contributed by atoms with Gasteiger partial charge in [-0.1, -0.05) is 63.7 Å². The van der Waals surface area contributed by atoms with Crippen molar-refractivity contribution in [2.75, 3.05) is 0 Å². The average molecular weight is 357 g/mol. The lowest BCUT2D eigenvalue weighted by atomic mass is 10.8. The van der Waals surface area contributed by atoms with Crippen molar-refractivity contribution in [2.45, 2.75) is 2.14 Å². The van der Waals surface area contributed by atoms with Gasteiger partial charge in [-0.25, -0.2) is 0 Å². The van der Waals surface area contributed by atoms with Crippen molar-refractivity contribution in [2.24, 2.45) is 0 Å². The molecular formula is C3HBr4. The molecule has 0 saturated carbocycles. The van der Waals surface area contributed by atoms with E-state index in [0.717, 1.165) is 0 Å². The summed E-state index contributed by atoms with van der Waals surface area (Å²) in [4.78, 5) is 0. The number of hydrogen-bond donors (Lipinski definition) is 0. The summed E-state index contributed by atoms with van der Waals surface area (Å²) in [6, 6.07) is 0. The fraction of sp³-hybridized carbons (Fsp3) is 0.333. The van der Waals surface area contributed by atoms with Gasteiger partial charge in [0.1, 0.15) is 0 Å². The normalized spacial score (nSPS) is 11.4. The predicted octanol–water partition coefficient (Wildman–Crippen LogP) is 3.54. The lowest BCUT2D eigenvalue weighted by molar-refractivity contribution is 1.63. The Hall–Kier alpha value is 1.66. The monoisotopic (exact) mass is 353 g/mol. The van der Waals surface area contributed by atoms with Gasteiger partial charge in [-0.3, -0.25) is 0 Å². The number of rotatable bonds is 0. The van der Waals surface area contributed by atoms with Crippen LogP contribution >= 0.6 is 63.7 Å². The topological polar surface area (TPSA) is 0 Å². The second-order valence-electron chi connectivity index (χ2n) is 0.846. The third-order valence-corrected chi connectivity index (χ3v) is 3.74. The van der Waals surface area contributed by atoms with Crippen LogP contribution in [0.5, 0.6) is 0 Å². The fourth-order valence-electron chi connectivity index (χ4n) is 0. The van der Waals surface area contributed by atoms with Gasteiger partial charge in [-0.05, 0) is 6.58 Å². The van der Waals surface area contributed by atoms with Crippen LogP contribution in [0, 0.1) is 6.58 Å². The molecule has 0 nitrogen and oxygen atoms in total. The molecule has 0 heterocycles. The zero-order valence-electron chi connectivity index (χ0n) is 3.09. The molecule has 0 bridgehead atoms. The zero-order chi connectivity index (χ0) is 6.08. The predicted molar refractivity (Wildman–Crippen MR) is 46.3 cm³/mol. The Balaban J connectivity index is 3.79. The summed E-state index contributed by atoms with van der Waals surface area (Å²) in [6.45, 7) is 5.26. The van der Waals surface area contributed by atoms with Gasteiger partial charge in [0.15, 0.2) is 2.14 Å². The van der Waals surface area contributed by atoms with Gasteiger partial charge >= 0.3 is 0 Å². The van der Waals surface area contributed by atoms with E-state index >= 15 is 0 Å². The van der Waals surface area contributed by atoms with E-state index in [1.807, 2.05) is 0 Å². The summed E-state index contributed by atoms with van der Waals surface area (Å²) in [6.07, 6.45) is 0. The van der Waals surface area contributed by atoms with Crippen LogP contribution < -0.4 is 0 Å². The molecular weight excluding hydrogens is 356 g/mol. The van der Waals surface area contributed by atoms with Gasteiger partial charge in [0.05, 0.1) is 0 Å². The number of hydrogen-bond acceptors (Lipinski definition) is 0. The third kappa shape index (κ3) is 4.18. The van der Waals surface area contributed by atoms with Gasteiger partial charge in [0, 0.05) is 4.48 Å². The first kappa shape index (κ1) is 8.66. The van der Waals surface area contributed by atoms with E-state index in [9.17, 15) is 0 Å². The summed E-state index contributed by atoms with van der Waals surface area (Å²) in [7, 11) is 0. The van der Waals surface area contributed by atoms with Crippen molar-refractivity contribution in [3.8, 4) is 0 Å². The standard InChI is InChI=1S/C3HBr4/c1-2(4)3(5,6)7/h1H. The fourth-order valence-corrected chi connectivity index (χ4v) is 0. The van der Waals surface area contributed by atoms with E-state index in [4.69, 9.17) is 6.58 Å². The SMILES string of the molecule is [CH]=C(Br)C(Br)(Br)Br. The van der Waals surface area contributed by atoms with Gasteiger partial charge < -0.3 is 0 Å². The molecule has 0 spiro atoms. The van der Waals surface area contributed by atoms with Gasteiger partial charge in [0.25, 0.3) is 0 Å². The van der Waals surface area contributed by atoms with Crippen molar-refractivity contribution in [3.05, 3.63) is 11.1 Å². The van der Waals surface area contributed by atoms with Crippen molar-refractivity contribution in [1.82, 2.24) is 0 Å². The Morgan fingerprint density at radius 2 is 1.43 bits per heavy atom. The third-order valence-electron chi connectivity index (χ3n) is 0.271. The van der Waals surface area contributed by atoms with Gasteiger partial charge in [-0.15, -0.1) is 0 Å². The Morgan fingerprint density at radius 1 is 1.29 bits per heavy atom. The largest absolute Gasteiger partial charge is 0.166 e. The Kier molecular flexibility index (Phi) is 3.70. The van der Waals surface area contributed by atoms with Crippen LogP contribution in [0.15, 0.2) is 4.48 Å². The molecule has 0 N–H and O–H groups in total. The highest BCUT2D eigenvalue weighted by molar-refractivity contribution is 9.40. The molecule has 0 aliphatic rings. The Morgan fingerprint density at radius 3 is 1.43 bits per heavy atom. The van der Waals surface area contributed by atoms with Crippen molar-refractivity contribution >= 4 is 63.7 Å². The minimum absolute atomic E-state index is 0.451. The maximum Gasteiger partial charge on any atom is 0.166 e. The highest BCUT2D eigenvalue weighted by Gasteiger charge is 2.19. The van der Waals surface area contributed by atoms with E-state index in [1.54, 1.807) is 0 Å². The molecule has 0 rings (SSSR count). The van der Waals surface area contributed by atoms with E-state index in [1.165, 1.54) is 0 Å². The Bertz CT molecular complexity index is 79.4. The molecule has 7 heavy (non-hydrogen) atoms. The highest BCUT2D eigenvalue weighted by Crippen LogP contribution is 2.42. The van der Waals surface area contributed by atoms with Crippen LogP contribution in [0.3, 0.4) is 0 Å². The van der Waals surface area contributed by atoms with E-state index in [-0.39, 0.29) is 0 Å². The maximum atomic E-state index is 5.26. The van der Waals surface area contributed by atoms with Crippen molar-refractivity contribution in [3.63, 3.8) is 0 Å². The summed E-state index contributed by atoms with van der Waals surface area (Å²) >= 11 is 12.6. The quantitative estimate of drug-likeness (QED) is 0.583. The molecule has 0 fully saturated rings. The van der Waals surface area contributed by atoms with Crippen LogP contribution in [-0.4, -0.2) is 2.14 Å². The van der Waals surface area contributed by atoms with Crippen LogP contribution in [-0.2, 0) is 0 Å². The Labute approximate surface area is 76.2 Å². The minimum atomic E-state index is -0.451. The van der Waals surface area contributed by atoms with Crippen LogP contribution in [0.4, 0.5) is 0 Å². The molecule has 0 atom stereocenters. The van der Waals surface area contributed by atoms with Crippen molar-refractivity contribution < 1.29 is 0 Å². The summed E-state index contributed by atoms with van der Waals surface area (Å²) in [5, 5.41) is 0. The van der Waals surface area contributed by atoms with Gasteiger partial charge in [0.2, 0.25) is 0 Å². The molecule has 0 aromatic heterocycles. The molecule has 0 aromatic rings.